The third-order valence-corrected chi connectivity index (χ3v) is 6.16. The number of aliphatic hydroxyl groups is 1. The molecule has 4 rings (SSSR count). The highest BCUT2D eigenvalue weighted by Gasteiger charge is 2.39. The molecule has 28 heavy (non-hydrogen) atoms. The third-order valence-electron chi connectivity index (χ3n) is 5.25. The van der Waals surface area contributed by atoms with E-state index in [1.165, 1.54) is 0 Å². The van der Waals surface area contributed by atoms with Crippen molar-refractivity contribution < 1.29 is 14.6 Å². The number of para-hydroxylation sites is 1. The molecule has 6 heteroatoms. The minimum atomic E-state index is -1.18. The zero-order valence-corrected chi connectivity index (χ0v) is 16.4. The number of nitrogens with zero attached hydrogens (tertiary/aromatic N) is 1. The number of piperidine rings is 1. The van der Waals surface area contributed by atoms with Crippen LogP contribution in [0.1, 0.15) is 28.1 Å². The topological polar surface area (TPSA) is 66.8 Å². The maximum atomic E-state index is 13.1. The van der Waals surface area contributed by atoms with Crippen LogP contribution in [0.15, 0.2) is 59.4 Å². The molecule has 1 saturated heterocycles. The highest BCUT2D eigenvalue weighted by molar-refractivity contribution is 7.12. The van der Waals surface area contributed by atoms with Crippen molar-refractivity contribution in [3.63, 3.8) is 0 Å². The minimum Gasteiger partial charge on any atom is -0.496 e. The number of methoxy groups -OCH3 is 1. The lowest BCUT2D eigenvalue weighted by atomic mass is 9.85. The van der Waals surface area contributed by atoms with Gasteiger partial charge in [0.05, 0.1) is 18.5 Å². The van der Waals surface area contributed by atoms with Crippen molar-refractivity contribution in [3.8, 4) is 5.75 Å². The van der Waals surface area contributed by atoms with E-state index in [4.69, 9.17) is 4.74 Å². The van der Waals surface area contributed by atoms with E-state index in [2.05, 4.69) is 0 Å². The second-order valence-electron chi connectivity index (χ2n) is 7.05. The Labute approximate surface area is 166 Å². The Balaban J connectivity index is 1.66. The Morgan fingerprint density at radius 1 is 1.18 bits per heavy atom. The van der Waals surface area contributed by atoms with Gasteiger partial charge in [0, 0.05) is 17.5 Å². The monoisotopic (exact) mass is 395 g/mol. The molecule has 2 heterocycles. The van der Waals surface area contributed by atoms with E-state index in [9.17, 15) is 14.7 Å². The van der Waals surface area contributed by atoms with Crippen LogP contribution < -0.4 is 9.48 Å². The highest BCUT2D eigenvalue weighted by atomic mass is 32.1. The molecule has 0 bridgehead atoms. The van der Waals surface area contributed by atoms with Gasteiger partial charge < -0.3 is 14.7 Å². The average molecular weight is 395 g/mol. The quantitative estimate of drug-likeness (QED) is 0.738. The Hall–Kier alpha value is -2.70. The van der Waals surface area contributed by atoms with Gasteiger partial charge in [0.1, 0.15) is 11.4 Å². The van der Waals surface area contributed by atoms with Gasteiger partial charge in [-0.05, 0) is 36.4 Å². The van der Waals surface area contributed by atoms with Crippen molar-refractivity contribution in [1.29, 1.82) is 0 Å². The van der Waals surface area contributed by atoms with Gasteiger partial charge >= 0.3 is 0 Å². The van der Waals surface area contributed by atoms with E-state index in [1.807, 2.05) is 42.5 Å². The molecule has 1 aromatic heterocycles. The molecular weight excluding hydrogens is 374 g/mol. The molecule has 2 aromatic carbocycles. The van der Waals surface area contributed by atoms with Crippen LogP contribution in [0.25, 0.3) is 10.8 Å². The number of amides is 1. The molecule has 1 N–H and O–H groups in total. The average Bonchev–Trinajstić information content (AvgIpc) is 2.73. The van der Waals surface area contributed by atoms with Gasteiger partial charge in [0.15, 0.2) is 0 Å². The molecule has 0 saturated carbocycles. The summed E-state index contributed by atoms with van der Waals surface area (Å²) in [4.78, 5) is 27.6. The molecule has 1 aliphatic rings. The molecular formula is C22H21NO4S. The molecule has 0 aliphatic carbocycles. The summed E-state index contributed by atoms with van der Waals surface area (Å²) in [5.74, 6) is 0.385. The molecule has 0 radical (unpaired) electrons. The molecule has 1 fully saturated rings. The SMILES string of the molecule is COc1ccccc1[C@]1(O)CCCN(C(=O)c2cc3ccccc3c(=O)s2)C1. The number of benzene rings is 2. The third kappa shape index (κ3) is 3.30. The lowest BCUT2D eigenvalue weighted by Gasteiger charge is -2.40. The molecule has 3 aromatic rings. The number of hydrogen-bond acceptors (Lipinski definition) is 5. The number of β-amino-alcohol motifs (C(OH)–C–C–N with tert-alkyl or cyclic N) is 1. The predicted molar refractivity (Wildman–Crippen MR) is 110 cm³/mol. The first-order chi connectivity index (χ1) is 13.5. The summed E-state index contributed by atoms with van der Waals surface area (Å²) < 4.78 is 5.28. The lowest BCUT2D eigenvalue weighted by molar-refractivity contribution is -0.0301. The zero-order chi connectivity index (χ0) is 19.7. The van der Waals surface area contributed by atoms with Crippen LogP contribution in [0.2, 0.25) is 0 Å². The van der Waals surface area contributed by atoms with Gasteiger partial charge in [0.2, 0.25) is 4.74 Å². The van der Waals surface area contributed by atoms with Crippen molar-refractivity contribution in [2.75, 3.05) is 20.2 Å². The lowest BCUT2D eigenvalue weighted by Crippen LogP contribution is -2.48. The molecule has 0 unspecified atom stereocenters. The van der Waals surface area contributed by atoms with Crippen LogP contribution in [0.5, 0.6) is 5.75 Å². The van der Waals surface area contributed by atoms with Gasteiger partial charge in [-0.3, -0.25) is 9.59 Å². The van der Waals surface area contributed by atoms with E-state index in [-0.39, 0.29) is 17.2 Å². The maximum absolute atomic E-state index is 13.1. The number of rotatable bonds is 3. The second kappa shape index (κ2) is 7.37. The summed E-state index contributed by atoms with van der Waals surface area (Å²) >= 11 is 0.959. The number of carbonyl (C=O) groups excluding carboxylic acids is 1. The van der Waals surface area contributed by atoms with Crippen LogP contribution >= 0.6 is 11.3 Å². The van der Waals surface area contributed by atoms with E-state index in [0.717, 1.165) is 16.7 Å². The fraction of sp³-hybridized carbons (Fsp3) is 0.273. The largest absolute Gasteiger partial charge is 0.496 e. The van der Waals surface area contributed by atoms with Gasteiger partial charge in [-0.15, -0.1) is 0 Å². The first kappa shape index (κ1) is 18.7. The maximum Gasteiger partial charge on any atom is 0.264 e. The van der Waals surface area contributed by atoms with E-state index >= 15 is 0 Å². The van der Waals surface area contributed by atoms with Crippen LogP contribution in [-0.2, 0) is 5.60 Å². The molecule has 1 aliphatic heterocycles. The first-order valence-electron chi connectivity index (χ1n) is 9.20. The summed E-state index contributed by atoms with van der Waals surface area (Å²) in [6.45, 7) is 0.712. The van der Waals surface area contributed by atoms with Crippen LogP contribution in [0.4, 0.5) is 0 Å². The smallest absolute Gasteiger partial charge is 0.264 e. The van der Waals surface area contributed by atoms with Gasteiger partial charge in [-0.25, -0.2) is 0 Å². The summed E-state index contributed by atoms with van der Waals surface area (Å²) in [5, 5.41) is 12.7. The van der Waals surface area contributed by atoms with Crippen molar-refractivity contribution in [1.82, 2.24) is 4.90 Å². The number of likely N-dealkylation sites (tertiary alicyclic amines) is 1. The Kier molecular flexibility index (Phi) is 4.91. The summed E-state index contributed by atoms with van der Waals surface area (Å²) in [5.41, 5.74) is -0.496. The van der Waals surface area contributed by atoms with E-state index in [1.54, 1.807) is 24.1 Å². The molecule has 1 atom stereocenters. The van der Waals surface area contributed by atoms with Crippen molar-refractivity contribution in [3.05, 3.63) is 74.6 Å². The summed E-state index contributed by atoms with van der Waals surface area (Å²) in [7, 11) is 1.57. The minimum absolute atomic E-state index is 0.126. The second-order valence-corrected chi connectivity index (χ2v) is 8.06. The summed E-state index contributed by atoms with van der Waals surface area (Å²) in [6, 6.07) is 16.4. The molecule has 5 nitrogen and oxygen atoms in total. The molecule has 0 spiro atoms. The molecule has 144 valence electrons. The first-order valence-corrected chi connectivity index (χ1v) is 10.0. The Morgan fingerprint density at radius 3 is 2.75 bits per heavy atom. The van der Waals surface area contributed by atoms with Crippen LogP contribution in [0.3, 0.4) is 0 Å². The van der Waals surface area contributed by atoms with E-state index < -0.39 is 5.60 Å². The van der Waals surface area contributed by atoms with Crippen molar-refractivity contribution >= 4 is 28.0 Å². The fourth-order valence-electron chi connectivity index (χ4n) is 3.85. The number of hydrogen-bond donors (Lipinski definition) is 1. The number of fused-ring (bicyclic) bond motifs is 1. The number of carbonyl (C=O) groups is 1. The fourth-order valence-corrected chi connectivity index (χ4v) is 4.75. The zero-order valence-electron chi connectivity index (χ0n) is 15.6. The van der Waals surface area contributed by atoms with Gasteiger partial charge in [-0.2, -0.15) is 0 Å². The molecule has 1 amide bonds. The number of ether oxygens (including phenoxy) is 1. The van der Waals surface area contributed by atoms with Gasteiger partial charge in [-0.1, -0.05) is 47.7 Å². The van der Waals surface area contributed by atoms with E-state index in [0.29, 0.717) is 41.0 Å². The standard InChI is InChI=1S/C22H21NO4S/c1-27-18-10-5-4-9-17(18)22(26)11-6-12-23(14-22)20(24)19-13-15-7-2-3-8-16(15)21(25)28-19/h2-5,7-10,13,26H,6,11-12,14H2,1H3/t22-/m0/s1. The Morgan fingerprint density at radius 2 is 1.93 bits per heavy atom. The van der Waals surface area contributed by atoms with Gasteiger partial charge in [0.25, 0.3) is 5.91 Å². The van der Waals surface area contributed by atoms with Crippen molar-refractivity contribution in [2.24, 2.45) is 0 Å². The summed E-state index contributed by atoms with van der Waals surface area (Å²) in [6.07, 6.45) is 1.22. The van der Waals surface area contributed by atoms with Crippen LogP contribution in [0, 0.1) is 0 Å². The highest BCUT2D eigenvalue weighted by Crippen LogP contribution is 2.37. The predicted octanol–water partition coefficient (Wildman–Crippen LogP) is 3.39. The normalized spacial score (nSPS) is 19.6. The Bertz CT molecular complexity index is 1090. The van der Waals surface area contributed by atoms with Crippen molar-refractivity contribution in [2.45, 2.75) is 18.4 Å². The van der Waals surface area contributed by atoms with Crippen LogP contribution in [-0.4, -0.2) is 36.1 Å².